The van der Waals surface area contributed by atoms with Crippen molar-refractivity contribution in [2.45, 2.75) is 6.92 Å². The molecule has 1 heterocycles. The number of aryl methyl sites for hydroxylation is 1. The summed E-state index contributed by atoms with van der Waals surface area (Å²) in [4.78, 5) is 15.2. The largest absolute Gasteiger partial charge is 0.508 e. The van der Waals surface area contributed by atoms with Gasteiger partial charge in [0.1, 0.15) is 11.4 Å². The van der Waals surface area contributed by atoms with E-state index in [1.54, 1.807) is 19.1 Å². The summed E-state index contributed by atoms with van der Waals surface area (Å²) in [5.41, 5.74) is 1.15. The van der Waals surface area contributed by atoms with Crippen LogP contribution in [0.25, 0.3) is 0 Å². The van der Waals surface area contributed by atoms with Gasteiger partial charge in [0, 0.05) is 5.69 Å². The molecule has 0 fully saturated rings. The molecule has 0 aliphatic heterocycles. The molecule has 18 heavy (non-hydrogen) atoms. The summed E-state index contributed by atoms with van der Waals surface area (Å²) < 4.78 is 12.9. The van der Waals surface area contributed by atoms with Crippen molar-refractivity contribution in [3.63, 3.8) is 0 Å². The fraction of sp³-hybridized carbons (Fsp3) is 0.0769. The lowest BCUT2D eigenvalue weighted by Gasteiger charge is -2.06. The molecule has 0 unspecified atom stereocenters. The lowest BCUT2D eigenvalue weighted by molar-refractivity contribution is 0.102. The van der Waals surface area contributed by atoms with E-state index in [1.165, 1.54) is 24.3 Å². The number of amides is 1. The van der Waals surface area contributed by atoms with Crippen LogP contribution in [-0.2, 0) is 0 Å². The van der Waals surface area contributed by atoms with Crippen molar-refractivity contribution < 1.29 is 14.3 Å². The minimum Gasteiger partial charge on any atom is -0.508 e. The topological polar surface area (TPSA) is 62.2 Å². The Labute approximate surface area is 103 Å². The number of carbonyl (C=O) groups excluding carboxylic acids is 1. The number of carbonyl (C=O) groups is 1. The second-order valence-corrected chi connectivity index (χ2v) is 3.80. The molecule has 0 atom stereocenters. The van der Waals surface area contributed by atoms with Gasteiger partial charge in [0.05, 0.1) is 0 Å². The van der Waals surface area contributed by atoms with Gasteiger partial charge >= 0.3 is 0 Å². The van der Waals surface area contributed by atoms with Gasteiger partial charge in [-0.3, -0.25) is 4.79 Å². The van der Waals surface area contributed by atoms with E-state index >= 15 is 0 Å². The fourth-order valence-electron chi connectivity index (χ4n) is 1.46. The summed E-state index contributed by atoms with van der Waals surface area (Å²) in [5.74, 6) is -1.05. The summed E-state index contributed by atoms with van der Waals surface area (Å²) in [7, 11) is 0. The van der Waals surface area contributed by atoms with Gasteiger partial charge in [-0.15, -0.1) is 0 Å². The van der Waals surface area contributed by atoms with Gasteiger partial charge in [-0.1, -0.05) is 6.07 Å². The van der Waals surface area contributed by atoms with Crippen LogP contribution < -0.4 is 5.32 Å². The Morgan fingerprint density at radius 1 is 1.33 bits per heavy atom. The molecular weight excluding hydrogens is 235 g/mol. The second-order valence-electron chi connectivity index (χ2n) is 3.80. The van der Waals surface area contributed by atoms with Gasteiger partial charge < -0.3 is 10.4 Å². The molecule has 1 aromatic heterocycles. The fourth-order valence-corrected chi connectivity index (χ4v) is 1.46. The number of benzene rings is 1. The zero-order valence-corrected chi connectivity index (χ0v) is 9.64. The number of hydrogen-bond donors (Lipinski definition) is 2. The van der Waals surface area contributed by atoms with Gasteiger partial charge in [0.15, 0.2) is 0 Å². The Balaban J connectivity index is 2.18. The zero-order valence-electron chi connectivity index (χ0n) is 9.64. The first-order valence-electron chi connectivity index (χ1n) is 5.30. The third kappa shape index (κ3) is 2.63. The molecule has 0 saturated heterocycles. The summed E-state index contributed by atoms with van der Waals surface area (Å²) in [6.07, 6.45) is 0. The minimum absolute atomic E-state index is 0.000674. The normalized spacial score (nSPS) is 10.1. The standard InChI is InChI=1S/C13H11FN2O2/c1-8-7-9(5-6-11(8)17)15-13(18)10-3-2-4-12(14)16-10/h2-7,17H,1H3,(H,15,18). The molecule has 0 radical (unpaired) electrons. The molecule has 2 rings (SSSR count). The Hall–Kier alpha value is -2.43. The molecule has 2 N–H and O–H groups in total. The predicted octanol–water partition coefficient (Wildman–Crippen LogP) is 2.49. The average Bonchev–Trinajstić information content (AvgIpc) is 2.34. The molecule has 0 aliphatic rings. The molecule has 0 spiro atoms. The van der Waals surface area contributed by atoms with E-state index in [-0.39, 0.29) is 11.4 Å². The predicted molar refractivity (Wildman–Crippen MR) is 65.0 cm³/mol. The van der Waals surface area contributed by atoms with Crippen molar-refractivity contribution in [3.8, 4) is 5.75 Å². The van der Waals surface area contributed by atoms with E-state index in [1.807, 2.05) is 0 Å². The van der Waals surface area contributed by atoms with Crippen molar-refractivity contribution in [1.82, 2.24) is 4.98 Å². The van der Waals surface area contributed by atoms with Crippen LogP contribution in [-0.4, -0.2) is 16.0 Å². The van der Waals surface area contributed by atoms with Gasteiger partial charge in [0.2, 0.25) is 5.95 Å². The van der Waals surface area contributed by atoms with Crippen molar-refractivity contribution in [3.05, 3.63) is 53.6 Å². The number of anilines is 1. The smallest absolute Gasteiger partial charge is 0.274 e. The van der Waals surface area contributed by atoms with Crippen LogP contribution >= 0.6 is 0 Å². The van der Waals surface area contributed by atoms with Crippen molar-refractivity contribution >= 4 is 11.6 Å². The van der Waals surface area contributed by atoms with Crippen LogP contribution in [0, 0.1) is 12.9 Å². The number of aromatic hydroxyl groups is 1. The lowest BCUT2D eigenvalue weighted by Crippen LogP contribution is -2.14. The highest BCUT2D eigenvalue weighted by Crippen LogP contribution is 2.20. The van der Waals surface area contributed by atoms with Crippen LogP contribution in [0.15, 0.2) is 36.4 Å². The number of phenolic OH excluding ortho intramolecular Hbond substituents is 1. The molecule has 92 valence electrons. The number of aromatic nitrogens is 1. The number of nitrogens with one attached hydrogen (secondary N) is 1. The third-order valence-electron chi connectivity index (χ3n) is 2.40. The van der Waals surface area contributed by atoms with E-state index < -0.39 is 11.9 Å². The van der Waals surface area contributed by atoms with E-state index in [4.69, 9.17) is 0 Å². The maximum atomic E-state index is 12.9. The van der Waals surface area contributed by atoms with E-state index in [2.05, 4.69) is 10.3 Å². The van der Waals surface area contributed by atoms with Crippen LogP contribution in [0.2, 0.25) is 0 Å². The quantitative estimate of drug-likeness (QED) is 0.632. The van der Waals surface area contributed by atoms with Crippen molar-refractivity contribution in [2.75, 3.05) is 5.32 Å². The highest BCUT2D eigenvalue weighted by molar-refractivity contribution is 6.02. The highest BCUT2D eigenvalue weighted by atomic mass is 19.1. The first-order valence-corrected chi connectivity index (χ1v) is 5.30. The molecule has 0 saturated carbocycles. The molecule has 5 heteroatoms. The summed E-state index contributed by atoms with van der Waals surface area (Å²) >= 11 is 0. The number of pyridine rings is 1. The van der Waals surface area contributed by atoms with E-state index in [0.717, 1.165) is 0 Å². The zero-order chi connectivity index (χ0) is 13.1. The lowest BCUT2D eigenvalue weighted by atomic mass is 10.2. The third-order valence-corrected chi connectivity index (χ3v) is 2.40. The number of hydrogen-bond acceptors (Lipinski definition) is 3. The van der Waals surface area contributed by atoms with E-state index in [9.17, 15) is 14.3 Å². The minimum atomic E-state index is -0.704. The number of nitrogens with zero attached hydrogens (tertiary/aromatic N) is 1. The molecule has 0 aliphatic carbocycles. The number of phenols is 1. The van der Waals surface area contributed by atoms with Crippen molar-refractivity contribution in [1.29, 1.82) is 0 Å². The summed E-state index contributed by atoms with van der Waals surface area (Å²) in [6, 6.07) is 8.66. The van der Waals surface area contributed by atoms with Crippen LogP contribution in [0.3, 0.4) is 0 Å². The van der Waals surface area contributed by atoms with E-state index in [0.29, 0.717) is 11.3 Å². The first kappa shape index (κ1) is 12.0. The monoisotopic (exact) mass is 246 g/mol. The number of rotatable bonds is 2. The highest BCUT2D eigenvalue weighted by Gasteiger charge is 2.09. The van der Waals surface area contributed by atoms with Crippen LogP contribution in [0.5, 0.6) is 5.75 Å². The second kappa shape index (κ2) is 4.83. The molecule has 4 nitrogen and oxygen atoms in total. The Morgan fingerprint density at radius 2 is 2.11 bits per heavy atom. The molecule has 0 bridgehead atoms. The average molecular weight is 246 g/mol. The summed E-state index contributed by atoms with van der Waals surface area (Å²) in [5, 5.41) is 11.9. The first-order chi connectivity index (χ1) is 8.56. The Kier molecular flexibility index (Phi) is 3.23. The van der Waals surface area contributed by atoms with Gasteiger partial charge in [-0.2, -0.15) is 4.39 Å². The summed E-state index contributed by atoms with van der Waals surface area (Å²) in [6.45, 7) is 1.71. The van der Waals surface area contributed by atoms with Crippen molar-refractivity contribution in [2.24, 2.45) is 0 Å². The molecule has 2 aromatic rings. The molecular formula is C13H11FN2O2. The maximum absolute atomic E-state index is 12.9. The Bertz CT molecular complexity index is 599. The van der Waals surface area contributed by atoms with Gasteiger partial charge in [0.25, 0.3) is 5.91 Å². The van der Waals surface area contributed by atoms with Gasteiger partial charge in [-0.25, -0.2) is 4.98 Å². The van der Waals surface area contributed by atoms with Gasteiger partial charge in [-0.05, 0) is 42.8 Å². The number of halogens is 1. The molecule has 1 aromatic carbocycles. The van der Waals surface area contributed by atoms with Crippen LogP contribution in [0.4, 0.5) is 10.1 Å². The SMILES string of the molecule is Cc1cc(NC(=O)c2cccc(F)n2)ccc1O. The molecule has 1 amide bonds. The maximum Gasteiger partial charge on any atom is 0.274 e. The Morgan fingerprint density at radius 3 is 2.78 bits per heavy atom. The van der Waals surface area contributed by atoms with Crippen LogP contribution in [0.1, 0.15) is 16.1 Å².